The minimum atomic E-state index is 0.869. The molecule has 0 aromatic heterocycles. The Labute approximate surface area is 123 Å². The number of halogens is 1. The van der Waals surface area contributed by atoms with Gasteiger partial charge in [-0.25, -0.2) is 0 Å². The highest BCUT2D eigenvalue weighted by Crippen LogP contribution is 2.20. The van der Waals surface area contributed by atoms with Crippen molar-refractivity contribution in [2.45, 2.75) is 20.0 Å². The lowest BCUT2D eigenvalue weighted by molar-refractivity contribution is 0.271. The Bertz CT molecular complexity index is 492. The second-order valence-electron chi connectivity index (χ2n) is 4.59. The van der Waals surface area contributed by atoms with Crippen LogP contribution in [0.2, 0.25) is 0 Å². The molecule has 0 radical (unpaired) electrons. The van der Waals surface area contributed by atoms with Gasteiger partial charge in [-0.05, 0) is 29.8 Å². The molecule has 0 amide bonds. The number of anilines is 1. The molecule has 0 heterocycles. The van der Waals surface area contributed by atoms with E-state index < -0.39 is 0 Å². The molecular formula is C16H19BrN2. The third kappa shape index (κ3) is 3.82. The van der Waals surface area contributed by atoms with Crippen LogP contribution in [0.3, 0.4) is 0 Å². The molecule has 3 heteroatoms. The van der Waals surface area contributed by atoms with Gasteiger partial charge < -0.3 is 5.73 Å². The van der Waals surface area contributed by atoms with Gasteiger partial charge in [0.15, 0.2) is 0 Å². The third-order valence-corrected chi connectivity index (χ3v) is 4.02. The zero-order valence-electron chi connectivity index (χ0n) is 11.1. The van der Waals surface area contributed by atoms with Gasteiger partial charge in [-0.3, -0.25) is 4.90 Å². The normalized spacial score (nSPS) is 10.9. The maximum Gasteiger partial charge on any atom is 0.0359 e. The molecule has 2 aromatic carbocycles. The van der Waals surface area contributed by atoms with Crippen LogP contribution < -0.4 is 5.73 Å². The second-order valence-corrected chi connectivity index (χ2v) is 5.45. The molecule has 2 rings (SSSR count). The second kappa shape index (κ2) is 6.73. The molecule has 2 N–H and O–H groups in total. The van der Waals surface area contributed by atoms with Crippen molar-refractivity contribution in [3.63, 3.8) is 0 Å². The molecule has 0 aliphatic heterocycles. The topological polar surface area (TPSA) is 29.3 Å². The summed E-state index contributed by atoms with van der Waals surface area (Å²) in [6, 6.07) is 16.4. The Morgan fingerprint density at radius 1 is 0.947 bits per heavy atom. The Kier molecular flexibility index (Phi) is 5.00. The molecule has 100 valence electrons. The lowest BCUT2D eigenvalue weighted by Crippen LogP contribution is -2.23. The van der Waals surface area contributed by atoms with Crippen LogP contribution in [0.4, 0.5) is 5.69 Å². The molecule has 0 bridgehead atoms. The van der Waals surface area contributed by atoms with Gasteiger partial charge in [-0.2, -0.15) is 0 Å². The molecule has 0 aliphatic rings. The molecule has 0 fully saturated rings. The number of nitrogens with zero attached hydrogens (tertiary/aromatic N) is 1. The molecule has 2 aromatic rings. The number of para-hydroxylation sites is 1. The zero-order chi connectivity index (χ0) is 13.7. The molecule has 0 spiro atoms. The van der Waals surface area contributed by atoms with Gasteiger partial charge >= 0.3 is 0 Å². The smallest absolute Gasteiger partial charge is 0.0359 e. The molecule has 19 heavy (non-hydrogen) atoms. The predicted octanol–water partition coefficient (Wildman–Crippen LogP) is 4.05. The van der Waals surface area contributed by atoms with Crippen LogP contribution in [0.1, 0.15) is 18.1 Å². The molecule has 0 saturated heterocycles. The number of benzene rings is 2. The molecule has 0 aliphatic carbocycles. The fourth-order valence-corrected chi connectivity index (χ4v) is 2.48. The number of nitrogens with two attached hydrogens (primary N) is 1. The van der Waals surface area contributed by atoms with E-state index in [-0.39, 0.29) is 0 Å². The van der Waals surface area contributed by atoms with Gasteiger partial charge in [0.05, 0.1) is 0 Å². The Morgan fingerprint density at radius 3 is 2.16 bits per heavy atom. The minimum absolute atomic E-state index is 0.869. The Balaban J connectivity index is 2.09. The van der Waals surface area contributed by atoms with E-state index in [4.69, 9.17) is 5.73 Å². The first-order valence-corrected chi connectivity index (χ1v) is 7.29. The zero-order valence-corrected chi connectivity index (χ0v) is 12.7. The average molecular weight is 319 g/mol. The standard InChI is InChI=1S/C16H19BrN2/c1-2-19(11-13-7-3-5-9-15(13)17)12-14-8-4-6-10-16(14)18/h3-10H,2,11-12,18H2,1H3. The van der Waals surface area contributed by atoms with E-state index >= 15 is 0 Å². The maximum absolute atomic E-state index is 6.01. The van der Waals surface area contributed by atoms with Crippen molar-refractivity contribution < 1.29 is 0 Å². The lowest BCUT2D eigenvalue weighted by atomic mass is 10.1. The van der Waals surface area contributed by atoms with E-state index in [1.807, 2.05) is 24.3 Å². The summed E-state index contributed by atoms with van der Waals surface area (Å²) < 4.78 is 1.16. The van der Waals surface area contributed by atoms with Gasteiger partial charge in [-0.15, -0.1) is 0 Å². The largest absolute Gasteiger partial charge is 0.398 e. The quantitative estimate of drug-likeness (QED) is 0.842. The van der Waals surface area contributed by atoms with E-state index in [9.17, 15) is 0 Å². The van der Waals surface area contributed by atoms with Gasteiger partial charge in [0.25, 0.3) is 0 Å². The fourth-order valence-electron chi connectivity index (χ4n) is 2.07. The highest BCUT2D eigenvalue weighted by atomic mass is 79.9. The van der Waals surface area contributed by atoms with Gasteiger partial charge in [0.2, 0.25) is 0 Å². The third-order valence-electron chi connectivity index (χ3n) is 3.25. The first-order chi connectivity index (χ1) is 9.20. The fraction of sp³-hybridized carbons (Fsp3) is 0.250. The van der Waals surface area contributed by atoms with Crippen molar-refractivity contribution in [3.8, 4) is 0 Å². The van der Waals surface area contributed by atoms with Crippen molar-refractivity contribution in [3.05, 3.63) is 64.1 Å². The average Bonchev–Trinajstić information content (AvgIpc) is 2.42. The van der Waals surface area contributed by atoms with Crippen molar-refractivity contribution in [1.82, 2.24) is 4.90 Å². The predicted molar refractivity (Wildman–Crippen MR) is 84.8 cm³/mol. The first-order valence-electron chi connectivity index (χ1n) is 6.50. The maximum atomic E-state index is 6.01. The van der Waals surface area contributed by atoms with E-state index in [2.05, 4.69) is 52.0 Å². The minimum Gasteiger partial charge on any atom is -0.398 e. The number of hydrogen-bond acceptors (Lipinski definition) is 2. The SMILES string of the molecule is CCN(Cc1ccccc1N)Cc1ccccc1Br. The lowest BCUT2D eigenvalue weighted by Gasteiger charge is -2.22. The Morgan fingerprint density at radius 2 is 1.53 bits per heavy atom. The van der Waals surface area contributed by atoms with Crippen molar-refractivity contribution in [2.75, 3.05) is 12.3 Å². The van der Waals surface area contributed by atoms with Crippen LogP contribution in [-0.2, 0) is 13.1 Å². The summed E-state index contributed by atoms with van der Waals surface area (Å²) in [5, 5.41) is 0. The van der Waals surface area contributed by atoms with Crippen molar-refractivity contribution >= 4 is 21.6 Å². The first kappa shape index (κ1) is 14.1. The van der Waals surface area contributed by atoms with E-state index in [1.165, 1.54) is 11.1 Å². The highest BCUT2D eigenvalue weighted by Gasteiger charge is 2.08. The number of nitrogen functional groups attached to an aromatic ring is 1. The van der Waals surface area contributed by atoms with Crippen LogP contribution in [0.5, 0.6) is 0 Å². The number of rotatable bonds is 5. The highest BCUT2D eigenvalue weighted by molar-refractivity contribution is 9.10. The van der Waals surface area contributed by atoms with Crippen LogP contribution in [0, 0.1) is 0 Å². The number of hydrogen-bond donors (Lipinski definition) is 1. The summed E-state index contributed by atoms with van der Waals surface area (Å²) in [6.45, 7) is 4.97. The van der Waals surface area contributed by atoms with Gasteiger partial charge in [-0.1, -0.05) is 59.3 Å². The van der Waals surface area contributed by atoms with Crippen molar-refractivity contribution in [2.24, 2.45) is 0 Å². The van der Waals surface area contributed by atoms with E-state index in [0.717, 1.165) is 29.8 Å². The van der Waals surface area contributed by atoms with E-state index in [1.54, 1.807) is 0 Å². The summed E-state index contributed by atoms with van der Waals surface area (Å²) in [7, 11) is 0. The summed E-state index contributed by atoms with van der Waals surface area (Å²) in [5.41, 5.74) is 9.38. The van der Waals surface area contributed by atoms with E-state index in [0.29, 0.717) is 0 Å². The molecule has 2 nitrogen and oxygen atoms in total. The summed E-state index contributed by atoms with van der Waals surface area (Å²) >= 11 is 3.60. The van der Waals surface area contributed by atoms with Crippen molar-refractivity contribution in [1.29, 1.82) is 0 Å². The summed E-state index contributed by atoms with van der Waals surface area (Å²) in [6.07, 6.45) is 0. The molecule has 0 atom stereocenters. The van der Waals surface area contributed by atoms with Crippen LogP contribution in [-0.4, -0.2) is 11.4 Å². The molecule has 0 saturated carbocycles. The Hall–Kier alpha value is -1.32. The molecular weight excluding hydrogens is 300 g/mol. The monoisotopic (exact) mass is 318 g/mol. The van der Waals surface area contributed by atoms with Gasteiger partial charge in [0.1, 0.15) is 0 Å². The van der Waals surface area contributed by atoms with Crippen LogP contribution in [0.25, 0.3) is 0 Å². The van der Waals surface area contributed by atoms with Crippen LogP contribution >= 0.6 is 15.9 Å². The molecule has 0 unspecified atom stereocenters. The summed E-state index contributed by atoms with van der Waals surface area (Å²) in [4.78, 5) is 2.38. The summed E-state index contributed by atoms with van der Waals surface area (Å²) in [5.74, 6) is 0. The van der Waals surface area contributed by atoms with Gasteiger partial charge in [0, 0.05) is 23.2 Å². The van der Waals surface area contributed by atoms with Crippen LogP contribution in [0.15, 0.2) is 53.0 Å².